The van der Waals surface area contributed by atoms with Gasteiger partial charge in [0, 0.05) is 38.5 Å². The highest BCUT2D eigenvalue weighted by atomic mass is 19.1. The zero-order valence-electron chi connectivity index (χ0n) is 26.7. The van der Waals surface area contributed by atoms with Crippen molar-refractivity contribution < 1.29 is 27.8 Å². The number of aryl methyl sites for hydroxylation is 1. The fourth-order valence-electron chi connectivity index (χ4n) is 6.27. The van der Waals surface area contributed by atoms with Crippen molar-refractivity contribution in [2.75, 3.05) is 36.5 Å². The number of rotatable bonds is 6. The molecule has 14 heteroatoms. The molecule has 0 bridgehead atoms. The maximum Gasteiger partial charge on any atom is 0.407 e. The van der Waals surface area contributed by atoms with Gasteiger partial charge >= 0.3 is 6.09 Å². The number of amides is 2. The first-order valence-electron chi connectivity index (χ1n) is 15.6. The lowest BCUT2D eigenvalue weighted by Gasteiger charge is -2.26. The van der Waals surface area contributed by atoms with Crippen molar-refractivity contribution in [1.29, 1.82) is 0 Å². The first kappa shape index (κ1) is 32.1. The van der Waals surface area contributed by atoms with E-state index in [0.717, 1.165) is 42.5 Å². The van der Waals surface area contributed by atoms with E-state index in [2.05, 4.69) is 20.3 Å². The molecule has 2 saturated heterocycles. The van der Waals surface area contributed by atoms with E-state index in [9.17, 15) is 23.2 Å². The van der Waals surface area contributed by atoms with Crippen LogP contribution in [0.5, 0.6) is 0 Å². The zero-order chi connectivity index (χ0) is 33.5. The van der Waals surface area contributed by atoms with Crippen molar-refractivity contribution in [2.24, 2.45) is 0 Å². The van der Waals surface area contributed by atoms with Crippen molar-refractivity contribution in [3.8, 4) is 5.69 Å². The van der Waals surface area contributed by atoms with Gasteiger partial charge in [-0.15, -0.1) is 0 Å². The highest BCUT2D eigenvalue weighted by molar-refractivity contribution is 6.09. The minimum atomic E-state index is -0.996. The van der Waals surface area contributed by atoms with Crippen LogP contribution >= 0.6 is 0 Å². The van der Waals surface area contributed by atoms with Gasteiger partial charge in [-0.1, -0.05) is 6.07 Å². The van der Waals surface area contributed by atoms with Gasteiger partial charge in [0.2, 0.25) is 0 Å². The van der Waals surface area contributed by atoms with Gasteiger partial charge in [0.15, 0.2) is 11.6 Å². The molecule has 4 heterocycles. The number of anilines is 2. The maximum absolute atomic E-state index is 14.5. The maximum atomic E-state index is 14.5. The van der Waals surface area contributed by atoms with E-state index in [-0.39, 0.29) is 17.6 Å². The summed E-state index contributed by atoms with van der Waals surface area (Å²) in [4.78, 5) is 46.6. The summed E-state index contributed by atoms with van der Waals surface area (Å²) in [7, 11) is 0. The number of hydrogen-bond acceptors (Lipinski definition) is 8. The van der Waals surface area contributed by atoms with Gasteiger partial charge in [-0.05, 0) is 77.3 Å². The summed E-state index contributed by atoms with van der Waals surface area (Å²) in [5, 5.41) is 9.61. The van der Waals surface area contributed by atoms with Crippen molar-refractivity contribution in [3.63, 3.8) is 0 Å². The fourth-order valence-corrected chi connectivity index (χ4v) is 6.27. The van der Waals surface area contributed by atoms with Gasteiger partial charge in [0.25, 0.3) is 11.5 Å². The monoisotopic (exact) mass is 649 g/mol. The quantitative estimate of drug-likeness (QED) is 0.302. The molecule has 12 nitrogen and oxygen atoms in total. The van der Waals surface area contributed by atoms with E-state index in [0.29, 0.717) is 54.3 Å². The molecule has 47 heavy (non-hydrogen) atoms. The molecule has 4 aromatic rings. The largest absolute Gasteiger partial charge is 0.444 e. The highest BCUT2D eigenvalue weighted by Gasteiger charge is 2.31. The van der Waals surface area contributed by atoms with E-state index in [1.807, 2.05) is 17.9 Å². The number of hydrogen-bond donors (Lipinski definition) is 2. The summed E-state index contributed by atoms with van der Waals surface area (Å²) in [6.45, 7) is 9.58. The summed E-state index contributed by atoms with van der Waals surface area (Å²) in [5.74, 6) is -1.97. The average Bonchev–Trinajstić information content (AvgIpc) is 3.60. The number of nitrogens with zero attached hydrogens (tertiary/aromatic N) is 5. The zero-order valence-corrected chi connectivity index (χ0v) is 26.7. The molecule has 1 atom stereocenters. The lowest BCUT2D eigenvalue weighted by atomic mass is 10.1. The predicted molar refractivity (Wildman–Crippen MR) is 171 cm³/mol. The Bertz CT molecular complexity index is 1870. The molecule has 2 fully saturated rings. The van der Waals surface area contributed by atoms with Crippen LogP contribution in [-0.4, -0.2) is 69.3 Å². The van der Waals surface area contributed by atoms with Crippen LogP contribution in [0.2, 0.25) is 0 Å². The van der Waals surface area contributed by atoms with Crippen LogP contribution in [0.25, 0.3) is 16.7 Å². The van der Waals surface area contributed by atoms with Crippen LogP contribution in [0.1, 0.15) is 62.3 Å². The number of para-hydroxylation sites is 1. The molecule has 2 amide bonds. The van der Waals surface area contributed by atoms with E-state index >= 15 is 0 Å². The van der Waals surface area contributed by atoms with Crippen molar-refractivity contribution >= 4 is 34.4 Å². The van der Waals surface area contributed by atoms with Gasteiger partial charge in [0.1, 0.15) is 28.2 Å². The number of carbonyl (C=O) groups is 2. The molecule has 2 aliphatic heterocycles. The Morgan fingerprint density at radius 3 is 2.45 bits per heavy atom. The molecule has 2 aromatic carbocycles. The summed E-state index contributed by atoms with van der Waals surface area (Å²) in [5.41, 5.74) is -0.113. The Kier molecular flexibility index (Phi) is 8.70. The van der Waals surface area contributed by atoms with E-state index in [1.165, 1.54) is 12.1 Å². The second-order valence-corrected chi connectivity index (χ2v) is 12.8. The Morgan fingerprint density at radius 1 is 1.02 bits per heavy atom. The van der Waals surface area contributed by atoms with Gasteiger partial charge in [0.05, 0.1) is 22.9 Å². The SMILES string of the molecule is Cc1nc2c(N3CC[C@H](NC(=O)OC(C)(C)C)C3)c(NC(=O)c3ccnn(-c4c(F)cccc4F)c3=O)ccc2n1C1CCOCC1. The number of halogens is 2. The fraction of sp³-hybridized carbons (Fsp3) is 0.424. The molecule has 0 radical (unpaired) electrons. The molecule has 2 aliphatic rings. The predicted octanol–water partition coefficient (Wildman–Crippen LogP) is 4.88. The van der Waals surface area contributed by atoms with Crippen LogP contribution < -0.4 is 21.1 Å². The molecule has 0 unspecified atom stereocenters. The van der Waals surface area contributed by atoms with Crippen LogP contribution in [0.4, 0.5) is 25.0 Å². The molecule has 0 spiro atoms. The third-order valence-corrected chi connectivity index (χ3v) is 8.28. The molecule has 2 N–H and O–H groups in total. The lowest BCUT2D eigenvalue weighted by molar-refractivity contribution is 0.0508. The topological polar surface area (TPSA) is 133 Å². The summed E-state index contributed by atoms with van der Waals surface area (Å²) in [6, 6.07) is 7.98. The van der Waals surface area contributed by atoms with Crippen molar-refractivity contribution in [1.82, 2.24) is 24.6 Å². The van der Waals surface area contributed by atoms with Gasteiger partial charge < -0.3 is 29.6 Å². The number of carbonyl (C=O) groups excluding carboxylic acids is 2. The van der Waals surface area contributed by atoms with Crippen molar-refractivity contribution in [3.05, 3.63) is 76.0 Å². The molecular weight excluding hydrogens is 612 g/mol. The number of aromatic nitrogens is 4. The number of alkyl carbamates (subject to hydrolysis) is 1. The molecule has 6 rings (SSSR count). The highest BCUT2D eigenvalue weighted by Crippen LogP contribution is 2.39. The average molecular weight is 650 g/mol. The summed E-state index contributed by atoms with van der Waals surface area (Å²) in [6.07, 6.45) is 2.91. The summed E-state index contributed by atoms with van der Waals surface area (Å²) >= 11 is 0. The Labute approximate surface area is 269 Å². The van der Waals surface area contributed by atoms with Gasteiger partial charge in [-0.2, -0.15) is 9.78 Å². The first-order valence-corrected chi connectivity index (χ1v) is 15.6. The Balaban J connectivity index is 1.37. The Morgan fingerprint density at radius 2 is 1.74 bits per heavy atom. The third-order valence-electron chi connectivity index (χ3n) is 8.28. The normalized spacial score (nSPS) is 17.2. The first-order chi connectivity index (χ1) is 22.4. The van der Waals surface area contributed by atoms with E-state index in [1.54, 1.807) is 26.8 Å². The molecular formula is C33H37F2N7O5. The Hall–Kier alpha value is -4.85. The number of nitrogens with one attached hydrogen (secondary N) is 2. The third kappa shape index (κ3) is 6.55. The molecule has 0 aliphatic carbocycles. The van der Waals surface area contributed by atoms with Gasteiger partial charge in [-0.3, -0.25) is 9.59 Å². The van der Waals surface area contributed by atoms with Crippen LogP contribution in [0.15, 0.2) is 47.4 Å². The van der Waals surface area contributed by atoms with Gasteiger partial charge in [-0.25, -0.2) is 18.6 Å². The number of benzene rings is 2. The van der Waals surface area contributed by atoms with Crippen LogP contribution in [0.3, 0.4) is 0 Å². The molecule has 0 saturated carbocycles. The standard InChI is InChI=1S/C33H37F2N7O5/c1-19-37-27-26(41(19)21-12-16-46-17-13-21)9-8-25(29(27)40-15-11-20(18-40)38-32(45)47-33(2,3)4)39-30(43)22-10-14-36-42(31(22)44)28-23(34)6-5-7-24(28)35/h5-10,14,20-21H,11-13,15-18H2,1-4H3,(H,38,45)(H,39,43)/t20-/m0/s1. The lowest BCUT2D eigenvalue weighted by Crippen LogP contribution is -2.40. The number of ether oxygens (including phenoxy) is 2. The van der Waals surface area contributed by atoms with Crippen LogP contribution in [0, 0.1) is 18.6 Å². The minimum Gasteiger partial charge on any atom is -0.444 e. The number of fused-ring (bicyclic) bond motifs is 1. The molecule has 2 aromatic heterocycles. The van der Waals surface area contributed by atoms with Crippen LogP contribution in [-0.2, 0) is 9.47 Å². The molecule has 248 valence electrons. The van der Waals surface area contributed by atoms with Crippen molar-refractivity contribution in [2.45, 2.75) is 64.6 Å². The summed E-state index contributed by atoms with van der Waals surface area (Å²) < 4.78 is 42.8. The second kappa shape index (κ2) is 12.7. The number of imidazole rings is 1. The second-order valence-electron chi connectivity index (χ2n) is 12.8. The minimum absolute atomic E-state index is 0.191. The smallest absolute Gasteiger partial charge is 0.407 e. The van der Waals surface area contributed by atoms with E-state index < -0.39 is 40.5 Å². The van der Waals surface area contributed by atoms with E-state index in [4.69, 9.17) is 14.5 Å².